The van der Waals surface area contributed by atoms with E-state index in [1.54, 1.807) is 0 Å². The molecule has 1 atom stereocenters. The Morgan fingerprint density at radius 2 is 2.40 bits per heavy atom. The van der Waals surface area contributed by atoms with Crippen molar-refractivity contribution in [2.24, 2.45) is 5.92 Å². The van der Waals surface area contributed by atoms with E-state index < -0.39 is 0 Å². The summed E-state index contributed by atoms with van der Waals surface area (Å²) in [6.45, 7) is 4.24. The zero-order valence-electron chi connectivity index (χ0n) is 6.42. The molecule has 1 rings (SSSR count). The van der Waals surface area contributed by atoms with Crippen LogP contribution in [0.1, 0.15) is 20.3 Å². The van der Waals surface area contributed by atoms with Gasteiger partial charge < -0.3 is 0 Å². The van der Waals surface area contributed by atoms with E-state index in [0.29, 0.717) is 5.92 Å². The highest BCUT2D eigenvalue weighted by molar-refractivity contribution is 5.78. The Morgan fingerprint density at radius 3 is 2.90 bits per heavy atom. The summed E-state index contributed by atoms with van der Waals surface area (Å²) in [5, 5.41) is 0. The summed E-state index contributed by atoms with van der Waals surface area (Å²) in [6.07, 6.45) is 5.87. The predicted molar refractivity (Wildman–Crippen MR) is 41.7 cm³/mol. The summed E-state index contributed by atoms with van der Waals surface area (Å²) < 4.78 is 0. The average molecular weight is 136 g/mol. The van der Waals surface area contributed by atoms with Gasteiger partial charge in [0.1, 0.15) is 6.29 Å². The lowest BCUT2D eigenvalue weighted by Crippen LogP contribution is -2.01. The maximum absolute atomic E-state index is 10.3. The van der Waals surface area contributed by atoms with E-state index in [0.717, 1.165) is 18.3 Å². The van der Waals surface area contributed by atoms with E-state index >= 15 is 0 Å². The first kappa shape index (κ1) is 7.26. The van der Waals surface area contributed by atoms with E-state index in [-0.39, 0.29) is 0 Å². The van der Waals surface area contributed by atoms with Crippen molar-refractivity contribution in [2.75, 3.05) is 0 Å². The Hall–Kier alpha value is -0.850. The van der Waals surface area contributed by atoms with Gasteiger partial charge in [-0.1, -0.05) is 24.6 Å². The summed E-state index contributed by atoms with van der Waals surface area (Å²) in [7, 11) is 0. The van der Waals surface area contributed by atoms with Crippen molar-refractivity contribution in [1.82, 2.24) is 0 Å². The highest BCUT2D eigenvalue weighted by atomic mass is 16.1. The molecule has 10 heavy (non-hydrogen) atoms. The number of carbonyl (C=O) groups is 1. The molecule has 0 saturated carbocycles. The van der Waals surface area contributed by atoms with Gasteiger partial charge in [0.15, 0.2) is 0 Å². The Morgan fingerprint density at radius 1 is 1.70 bits per heavy atom. The van der Waals surface area contributed by atoms with E-state index in [9.17, 15) is 4.79 Å². The van der Waals surface area contributed by atoms with Gasteiger partial charge in [0, 0.05) is 5.57 Å². The van der Waals surface area contributed by atoms with Gasteiger partial charge in [0.2, 0.25) is 0 Å². The van der Waals surface area contributed by atoms with Crippen LogP contribution in [0.3, 0.4) is 0 Å². The highest BCUT2D eigenvalue weighted by Crippen LogP contribution is 2.21. The minimum atomic E-state index is 0.615. The van der Waals surface area contributed by atoms with Crippen LogP contribution in [0.5, 0.6) is 0 Å². The molecule has 1 nitrogen and oxygen atoms in total. The van der Waals surface area contributed by atoms with E-state index in [1.807, 2.05) is 12.2 Å². The Kier molecular flexibility index (Phi) is 2.05. The standard InChI is InChI=1S/C9H12O/c1-7-3-4-9(6-10)5-8(7)2/h4-7H,3H2,1-2H3/t7-/m1/s1. The van der Waals surface area contributed by atoms with Gasteiger partial charge in [-0.25, -0.2) is 0 Å². The van der Waals surface area contributed by atoms with Crippen molar-refractivity contribution < 1.29 is 4.79 Å². The molecule has 0 aromatic rings. The number of allylic oxidation sites excluding steroid dienone is 4. The molecule has 1 aliphatic carbocycles. The third-order valence-corrected chi connectivity index (χ3v) is 2.01. The van der Waals surface area contributed by atoms with Crippen molar-refractivity contribution in [3.05, 3.63) is 23.3 Å². The zero-order chi connectivity index (χ0) is 7.56. The Bertz CT molecular complexity index is 199. The minimum Gasteiger partial charge on any atom is -0.298 e. The molecule has 0 spiro atoms. The minimum absolute atomic E-state index is 0.615. The van der Waals surface area contributed by atoms with Gasteiger partial charge in [-0.3, -0.25) is 4.79 Å². The molecule has 54 valence electrons. The van der Waals surface area contributed by atoms with Crippen molar-refractivity contribution >= 4 is 6.29 Å². The van der Waals surface area contributed by atoms with Crippen LogP contribution in [0.25, 0.3) is 0 Å². The predicted octanol–water partition coefficient (Wildman–Crippen LogP) is 2.10. The molecule has 0 saturated heterocycles. The topological polar surface area (TPSA) is 17.1 Å². The summed E-state index contributed by atoms with van der Waals surface area (Å²) in [4.78, 5) is 10.3. The lowest BCUT2D eigenvalue weighted by Gasteiger charge is -2.13. The summed E-state index contributed by atoms with van der Waals surface area (Å²) >= 11 is 0. The van der Waals surface area contributed by atoms with Crippen LogP contribution in [-0.4, -0.2) is 6.29 Å². The Balaban J connectivity index is 2.78. The zero-order valence-corrected chi connectivity index (χ0v) is 6.42. The van der Waals surface area contributed by atoms with Crippen molar-refractivity contribution in [3.63, 3.8) is 0 Å². The SMILES string of the molecule is CC1=CC(C=O)=CC[C@H]1C. The molecule has 0 amide bonds. The molecule has 0 N–H and O–H groups in total. The van der Waals surface area contributed by atoms with Gasteiger partial charge in [-0.2, -0.15) is 0 Å². The van der Waals surface area contributed by atoms with Crippen LogP contribution in [0.4, 0.5) is 0 Å². The van der Waals surface area contributed by atoms with E-state index in [2.05, 4.69) is 13.8 Å². The van der Waals surface area contributed by atoms with Crippen molar-refractivity contribution in [3.8, 4) is 0 Å². The number of hydrogen-bond acceptors (Lipinski definition) is 1. The number of aldehydes is 1. The van der Waals surface area contributed by atoms with Gasteiger partial charge in [0.25, 0.3) is 0 Å². The largest absolute Gasteiger partial charge is 0.298 e. The van der Waals surface area contributed by atoms with Crippen LogP contribution >= 0.6 is 0 Å². The fourth-order valence-electron chi connectivity index (χ4n) is 1.04. The first-order valence-corrected chi connectivity index (χ1v) is 3.57. The number of rotatable bonds is 1. The first-order valence-electron chi connectivity index (χ1n) is 3.57. The van der Waals surface area contributed by atoms with Crippen LogP contribution in [-0.2, 0) is 4.79 Å². The number of hydrogen-bond donors (Lipinski definition) is 0. The molecule has 0 unspecified atom stereocenters. The number of carbonyl (C=O) groups excluding carboxylic acids is 1. The molecule has 0 aliphatic heterocycles. The second kappa shape index (κ2) is 2.82. The van der Waals surface area contributed by atoms with Crippen LogP contribution in [0, 0.1) is 5.92 Å². The molecule has 0 radical (unpaired) electrons. The fraction of sp³-hybridized carbons (Fsp3) is 0.444. The van der Waals surface area contributed by atoms with Crippen molar-refractivity contribution in [2.45, 2.75) is 20.3 Å². The fourth-order valence-corrected chi connectivity index (χ4v) is 1.04. The molecule has 1 aliphatic rings. The third-order valence-electron chi connectivity index (χ3n) is 2.01. The molecule has 0 heterocycles. The van der Waals surface area contributed by atoms with Gasteiger partial charge >= 0.3 is 0 Å². The molecule has 1 heteroatoms. The lowest BCUT2D eigenvalue weighted by molar-refractivity contribution is -0.104. The molecular formula is C9H12O. The maximum Gasteiger partial charge on any atom is 0.149 e. The third kappa shape index (κ3) is 1.35. The van der Waals surface area contributed by atoms with Crippen LogP contribution < -0.4 is 0 Å². The van der Waals surface area contributed by atoms with Crippen LogP contribution in [0.2, 0.25) is 0 Å². The van der Waals surface area contributed by atoms with Gasteiger partial charge in [0.05, 0.1) is 0 Å². The molecular weight excluding hydrogens is 124 g/mol. The van der Waals surface area contributed by atoms with Crippen LogP contribution in [0.15, 0.2) is 23.3 Å². The second-order valence-electron chi connectivity index (χ2n) is 2.85. The molecule has 0 aromatic heterocycles. The van der Waals surface area contributed by atoms with E-state index in [1.165, 1.54) is 5.57 Å². The summed E-state index contributed by atoms with van der Waals surface area (Å²) in [5.41, 5.74) is 2.14. The first-order chi connectivity index (χ1) is 4.74. The second-order valence-corrected chi connectivity index (χ2v) is 2.85. The maximum atomic E-state index is 10.3. The molecule has 0 bridgehead atoms. The molecule has 0 fully saturated rings. The monoisotopic (exact) mass is 136 g/mol. The summed E-state index contributed by atoms with van der Waals surface area (Å²) in [6, 6.07) is 0. The normalized spacial score (nSPS) is 25.2. The lowest BCUT2D eigenvalue weighted by atomic mass is 9.92. The van der Waals surface area contributed by atoms with Crippen molar-refractivity contribution in [1.29, 1.82) is 0 Å². The summed E-state index contributed by atoms with van der Waals surface area (Å²) in [5.74, 6) is 0.615. The van der Waals surface area contributed by atoms with E-state index in [4.69, 9.17) is 0 Å². The highest BCUT2D eigenvalue weighted by Gasteiger charge is 2.07. The van der Waals surface area contributed by atoms with Gasteiger partial charge in [-0.15, -0.1) is 0 Å². The molecule has 0 aromatic carbocycles. The average Bonchev–Trinajstić information content (AvgIpc) is 1.95. The Labute approximate surface area is 61.4 Å². The smallest absolute Gasteiger partial charge is 0.149 e. The quantitative estimate of drug-likeness (QED) is 0.504. The van der Waals surface area contributed by atoms with Gasteiger partial charge in [-0.05, 0) is 19.3 Å².